The maximum Gasteiger partial charge on any atom is 0.0719 e. The lowest BCUT2D eigenvalue weighted by Gasteiger charge is -2.37. The first-order valence-electron chi connectivity index (χ1n) is 7.12. The third-order valence-corrected chi connectivity index (χ3v) is 4.13. The van der Waals surface area contributed by atoms with E-state index in [0.29, 0.717) is 18.0 Å². The highest BCUT2D eigenvalue weighted by molar-refractivity contribution is 5.36. The van der Waals surface area contributed by atoms with Crippen molar-refractivity contribution < 1.29 is 0 Å². The molecule has 100 valence electrons. The Hall–Kier alpha value is -1.61. The summed E-state index contributed by atoms with van der Waals surface area (Å²) < 4.78 is 2.11. The first-order valence-corrected chi connectivity index (χ1v) is 7.12. The van der Waals surface area contributed by atoms with Crippen LogP contribution in [0.25, 0.3) is 0 Å². The van der Waals surface area contributed by atoms with Crippen LogP contribution in [0.3, 0.4) is 0 Å². The van der Waals surface area contributed by atoms with Gasteiger partial charge in [-0.25, -0.2) is 0 Å². The molecule has 1 aromatic heterocycles. The second-order valence-corrected chi connectivity index (χ2v) is 5.35. The Balaban J connectivity index is 2.03. The fraction of sp³-hybridized carbons (Fsp3) is 0.438. The van der Waals surface area contributed by atoms with Crippen LogP contribution in [0.4, 0.5) is 0 Å². The van der Waals surface area contributed by atoms with E-state index in [2.05, 4.69) is 59.4 Å². The van der Waals surface area contributed by atoms with Gasteiger partial charge in [-0.2, -0.15) is 5.10 Å². The number of hydrogen-bond donors (Lipinski definition) is 1. The Bertz CT molecular complexity index is 533. The van der Waals surface area contributed by atoms with Crippen LogP contribution in [-0.2, 0) is 0 Å². The molecule has 0 saturated carbocycles. The highest BCUT2D eigenvalue weighted by Gasteiger charge is 2.33. The number of rotatable bonds is 3. The summed E-state index contributed by atoms with van der Waals surface area (Å²) in [7, 11) is 0. The van der Waals surface area contributed by atoms with Crippen LogP contribution in [0.15, 0.2) is 42.7 Å². The van der Waals surface area contributed by atoms with Crippen LogP contribution in [0, 0.1) is 0 Å². The molecular formula is C16H21N3. The number of likely N-dealkylation sites (N-methyl/N-ethyl adjacent to an activating group) is 1. The summed E-state index contributed by atoms with van der Waals surface area (Å²) in [6.07, 6.45) is 5.08. The van der Waals surface area contributed by atoms with E-state index in [9.17, 15) is 0 Å². The number of nitrogens with zero attached hydrogens (tertiary/aromatic N) is 2. The molecule has 1 aliphatic rings. The summed E-state index contributed by atoms with van der Waals surface area (Å²) in [6.45, 7) is 5.46. The zero-order valence-electron chi connectivity index (χ0n) is 11.6. The largest absolute Gasteiger partial charge is 0.308 e. The fourth-order valence-corrected chi connectivity index (χ4v) is 3.28. The molecule has 0 fully saturated rings. The molecule has 3 heteroatoms. The van der Waals surface area contributed by atoms with Crippen molar-refractivity contribution in [1.82, 2.24) is 15.1 Å². The molecule has 0 spiro atoms. The third kappa shape index (κ3) is 2.19. The van der Waals surface area contributed by atoms with Gasteiger partial charge < -0.3 is 5.32 Å². The Morgan fingerprint density at radius 3 is 2.74 bits per heavy atom. The van der Waals surface area contributed by atoms with Gasteiger partial charge in [-0.3, -0.25) is 4.68 Å². The van der Waals surface area contributed by atoms with Crippen LogP contribution in [0.1, 0.15) is 49.4 Å². The first-order chi connectivity index (χ1) is 9.31. The van der Waals surface area contributed by atoms with Gasteiger partial charge in [-0.05, 0) is 36.1 Å². The average Bonchev–Trinajstić information content (AvgIpc) is 2.96. The van der Waals surface area contributed by atoms with E-state index in [-0.39, 0.29) is 0 Å². The molecule has 0 saturated heterocycles. The molecule has 3 rings (SSSR count). The first kappa shape index (κ1) is 12.4. The number of hydrogen-bond acceptors (Lipinski definition) is 2. The molecule has 3 nitrogen and oxygen atoms in total. The van der Waals surface area contributed by atoms with Crippen molar-refractivity contribution in [2.45, 2.75) is 38.3 Å². The van der Waals surface area contributed by atoms with Crippen LogP contribution >= 0.6 is 0 Å². The Morgan fingerprint density at radius 1 is 1.26 bits per heavy atom. The average molecular weight is 255 g/mol. The van der Waals surface area contributed by atoms with Crippen LogP contribution in [0.5, 0.6) is 0 Å². The van der Waals surface area contributed by atoms with E-state index in [1.54, 1.807) is 0 Å². The van der Waals surface area contributed by atoms with Gasteiger partial charge in [0.25, 0.3) is 0 Å². The van der Waals surface area contributed by atoms with Gasteiger partial charge >= 0.3 is 0 Å². The fourth-order valence-electron chi connectivity index (χ4n) is 3.28. The van der Waals surface area contributed by atoms with Crippen LogP contribution < -0.4 is 5.32 Å². The lowest BCUT2D eigenvalue weighted by atomic mass is 9.78. The van der Waals surface area contributed by atoms with Crippen molar-refractivity contribution in [2.24, 2.45) is 0 Å². The molecular weight excluding hydrogens is 234 g/mol. The maximum atomic E-state index is 4.46. The molecule has 1 aliphatic carbocycles. The number of benzene rings is 1. The third-order valence-electron chi connectivity index (χ3n) is 4.13. The monoisotopic (exact) mass is 255 g/mol. The van der Waals surface area contributed by atoms with Gasteiger partial charge in [0.2, 0.25) is 0 Å². The van der Waals surface area contributed by atoms with Gasteiger partial charge in [-0.15, -0.1) is 0 Å². The predicted molar refractivity (Wildman–Crippen MR) is 77.2 cm³/mol. The van der Waals surface area contributed by atoms with Crippen molar-refractivity contribution in [3.05, 3.63) is 53.9 Å². The molecule has 3 unspecified atom stereocenters. The number of nitrogens with one attached hydrogen (secondary N) is 1. The molecule has 3 atom stereocenters. The van der Waals surface area contributed by atoms with Crippen LogP contribution in [0.2, 0.25) is 0 Å². The Kier molecular flexibility index (Phi) is 3.38. The standard InChI is InChI=1S/C16H21N3/c1-3-17-16-14-8-5-4-7-13(14)12(2)11-15(16)19-10-6-9-18-19/h4-10,12,15-17H,3,11H2,1-2H3. The summed E-state index contributed by atoms with van der Waals surface area (Å²) in [6, 6.07) is 11.6. The van der Waals surface area contributed by atoms with Gasteiger partial charge in [-0.1, -0.05) is 38.1 Å². The molecule has 1 N–H and O–H groups in total. The van der Waals surface area contributed by atoms with Crippen molar-refractivity contribution in [2.75, 3.05) is 6.54 Å². The Labute approximate surface area is 114 Å². The number of aromatic nitrogens is 2. The smallest absolute Gasteiger partial charge is 0.0719 e. The van der Waals surface area contributed by atoms with E-state index < -0.39 is 0 Å². The highest BCUT2D eigenvalue weighted by Crippen LogP contribution is 2.43. The van der Waals surface area contributed by atoms with E-state index in [1.165, 1.54) is 11.1 Å². The summed E-state index contributed by atoms with van der Waals surface area (Å²) >= 11 is 0. The van der Waals surface area contributed by atoms with Gasteiger partial charge in [0.1, 0.15) is 0 Å². The molecule has 0 bridgehead atoms. The minimum Gasteiger partial charge on any atom is -0.308 e. The molecule has 0 radical (unpaired) electrons. The van der Waals surface area contributed by atoms with Crippen LogP contribution in [-0.4, -0.2) is 16.3 Å². The van der Waals surface area contributed by atoms with E-state index >= 15 is 0 Å². The Morgan fingerprint density at radius 2 is 2.05 bits per heavy atom. The zero-order chi connectivity index (χ0) is 13.2. The number of fused-ring (bicyclic) bond motifs is 1. The summed E-state index contributed by atoms with van der Waals surface area (Å²) in [5, 5.41) is 8.10. The lowest BCUT2D eigenvalue weighted by molar-refractivity contribution is 0.281. The quantitative estimate of drug-likeness (QED) is 0.912. The van der Waals surface area contributed by atoms with E-state index in [1.807, 2.05) is 12.3 Å². The molecule has 1 heterocycles. The lowest BCUT2D eigenvalue weighted by Crippen LogP contribution is -2.35. The van der Waals surface area contributed by atoms with Crippen molar-refractivity contribution in [3.63, 3.8) is 0 Å². The van der Waals surface area contributed by atoms with E-state index in [4.69, 9.17) is 0 Å². The summed E-state index contributed by atoms with van der Waals surface area (Å²) in [5.41, 5.74) is 2.92. The highest BCUT2D eigenvalue weighted by atomic mass is 15.3. The van der Waals surface area contributed by atoms with Gasteiger partial charge in [0, 0.05) is 12.4 Å². The SMILES string of the molecule is CCNC1c2ccccc2C(C)CC1n1cccn1. The van der Waals surface area contributed by atoms with Crippen molar-refractivity contribution in [1.29, 1.82) is 0 Å². The molecule has 19 heavy (non-hydrogen) atoms. The van der Waals surface area contributed by atoms with Gasteiger partial charge in [0.15, 0.2) is 0 Å². The van der Waals surface area contributed by atoms with Crippen molar-refractivity contribution in [3.8, 4) is 0 Å². The van der Waals surface area contributed by atoms with E-state index in [0.717, 1.165) is 13.0 Å². The predicted octanol–water partition coefficient (Wildman–Crippen LogP) is 3.28. The molecule has 2 aromatic rings. The second-order valence-electron chi connectivity index (χ2n) is 5.35. The molecule has 0 aliphatic heterocycles. The minimum atomic E-state index is 0.359. The maximum absolute atomic E-state index is 4.46. The second kappa shape index (κ2) is 5.17. The summed E-state index contributed by atoms with van der Waals surface area (Å²) in [4.78, 5) is 0. The molecule has 0 amide bonds. The zero-order valence-corrected chi connectivity index (χ0v) is 11.6. The summed E-state index contributed by atoms with van der Waals surface area (Å²) in [5.74, 6) is 0.584. The minimum absolute atomic E-state index is 0.359. The normalized spacial score (nSPS) is 26.1. The topological polar surface area (TPSA) is 29.9 Å². The van der Waals surface area contributed by atoms with Crippen molar-refractivity contribution >= 4 is 0 Å². The molecule has 1 aromatic carbocycles. The van der Waals surface area contributed by atoms with Gasteiger partial charge in [0.05, 0.1) is 12.1 Å².